The third-order valence-electron chi connectivity index (χ3n) is 1.75. The molecule has 1 aromatic rings. The Bertz CT molecular complexity index is 405. The van der Waals surface area contributed by atoms with Crippen LogP contribution in [0, 0.1) is 10.1 Å². The minimum Gasteiger partial charge on any atom is -0.465 e. The fraction of sp³-hybridized carbons (Fsp3) is 0.222. The second kappa shape index (κ2) is 4.75. The number of carbonyl (C=O) groups is 1. The highest BCUT2D eigenvalue weighted by molar-refractivity contribution is 6.33. The maximum atomic E-state index is 11.1. The lowest BCUT2D eigenvalue weighted by atomic mass is 10.1. The van der Waals surface area contributed by atoms with E-state index in [1.54, 1.807) is 0 Å². The summed E-state index contributed by atoms with van der Waals surface area (Å²) in [5, 5.41) is 10.4. The number of rotatable bonds is 3. The van der Waals surface area contributed by atoms with Gasteiger partial charge < -0.3 is 4.74 Å². The first kappa shape index (κ1) is 11.5. The van der Waals surface area contributed by atoms with Crippen LogP contribution in [0.4, 0.5) is 0 Å². The van der Waals surface area contributed by atoms with Gasteiger partial charge in [0.2, 0.25) is 6.54 Å². The van der Waals surface area contributed by atoms with E-state index in [4.69, 9.17) is 11.6 Å². The third kappa shape index (κ3) is 2.92. The zero-order valence-electron chi connectivity index (χ0n) is 7.90. The summed E-state index contributed by atoms with van der Waals surface area (Å²) >= 11 is 5.76. The normalized spacial score (nSPS) is 9.73. The van der Waals surface area contributed by atoms with Crippen molar-refractivity contribution in [2.45, 2.75) is 6.54 Å². The van der Waals surface area contributed by atoms with E-state index >= 15 is 0 Å². The average molecular weight is 230 g/mol. The van der Waals surface area contributed by atoms with E-state index in [-0.39, 0.29) is 17.1 Å². The smallest absolute Gasteiger partial charge is 0.339 e. The van der Waals surface area contributed by atoms with Crippen LogP contribution in [0.1, 0.15) is 15.9 Å². The molecule has 1 aromatic carbocycles. The van der Waals surface area contributed by atoms with E-state index in [1.165, 1.54) is 25.3 Å². The van der Waals surface area contributed by atoms with Crippen molar-refractivity contribution in [2.75, 3.05) is 7.11 Å². The molecule has 5 nitrogen and oxygen atoms in total. The van der Waals surface area contributed by atoms with Crippen molar-refractivity contribution in [1.82, 2.24) is 0 Å². The Morgan fingerprint density at radius 1 is 1.60 bits per heavy atom. The van der Waals surface area contributed by atoms with Gasteiger partial charge in [-0.05, 0) is 12.1 Å². The number of nitro groups is 1. The summed E-state index contributed by atoms with van der Waals surface area (Å²) in [6, 6.07) is 4.27. The summed E-state index contributed by atoms with van der Waals surface area (Å²) in [5.41, 5.74) is 0.643. The summed E-state index contributed by atoms with van der Waals surface area (Å²) in [6.45, 7) is -0.318. The minimum absolute atomic E-state index is 0.154. The highest BCUT2D eigenvalue weighted by atomic mass is 35.5. The second-order valence-corrected chi connectivity index (χ2v) is 3.20. The van der Waals surface area contributed by atoms with E-state index in [0.29, 0.717) is 5.56 Å². The molecule has 0 atom stereocenters. The molecule has 15 heavy (non-hydrogen) atoms. The second-order valence-electron chi connectivity index (χ2n) is 2.80. The molecule has 80 valence electrons. The summed E-state index contributed by atoms with van der Waals surface area (Å²) < 4.78 is 4.48. The maximum absolute atomic E-state index is 11.1. The van der Waals surface area contributed by atoms with Crippen LogP contribution in [0.25, 0.3) is 0 Å². The molecule has 1 rings (SSSR count). The van der Waals surface area contributed by atoms with Crippen LogP contribution in [0.3, 0.4) is 0 Å². The quantitative estimate of drug-likeness (QED) is 0.451. The molecule has 0 aliphatic heterocycles. The number of hydrogen-bond donors (Lipinski definition) is 0. The van der Waals surface area contributed by atoms with Gasteiger partial charge in [-0.1, -0.05) is 17.7 Å². The maximum Gasteiger partial charge on any atom is 0.339 e. The minimum atomic E-state index is -0.562. The number of methoxy groups -OCH3 is 1. The molecule has 0 bridgehead atoms. The molecule has 0 aliphatic carbocycles. The summed E-state index contributed by atoms with van der Waals surface area (Å²) in [6.07, 6.45) is 0. The lowest BCUT2D eigenvalue weighted by Crippen LogP contribution is -2.04. The van der Waals surface area contributed by atoms with E-state index in [2.05, 4.69) is 4.74 Å². The van der Waals surface area contributed by atoms with Crippen LogP contribution < -0.4 is 0 Å². The van der Waals surface area contributed by atoms with Crippen LogP contribution >= 0.6 is 11.6 Å². The Labute approximate surface area is 90.8 Å². The largest absolute Gasteiger partial charge is 0.465 e. The van der Waals surface area contributed by atoms with Gasteiger partial charge in [-0.3, -0.25) is 10.1 Å². The van der Waals surface area contributed by atoms with Gasteiger partial charge in [-0.2, -0.15) is 0 Å². The number of hydrogen-bond acceptors (Lipinski definition) is 4. The van der Waals surface area contributed by atoms with Gasteiger partial charge in [0, 0.05) is 10.5 Å². The third-order valence-corrected chi connectivity index (χ3v) is 2.06. The fourth-order valence-corrected chi connectivity index (χ4v) is 1.36. The van der Waals surface area contributed by atoms with Gasteiger partial charge in [0.05, 0.1) is 17.7 Å². The van der Waals surface area contributed by atoms with Gasteiger partial charge in [0.15, 0.2) is 0 Å². The standard InChI is InChI=1S/C9H8ClNO4/c1-15-9(12)7-3-2-6(4-8(7)10)5-11(13)14/h2-4H,5H2,1H3. The van der Waals surface area contributed by atoms with Gasteiger partial charge in [-0.15, -0.1) is 0 Å². The van der Waals surface area contributed by atoms with Crippen LogP contribution in [-0.2, 0) is 11.3 Å². The molecule has 0 aliphatic rings. The SMILES string of the molecule is COC(=O)c1ccc(C[N+](=O)[O-])cc1Cl. The van der Waals surface area contributed by atoms with Crippen molar-refractivity contribution in [2.24, 2.45) is 0 Å². The monoisotopic (exact) mass is 229 g/mol. The Morgan fingerprint density at radius 2 is 2.27 bits per heavy atom. The highest BCUT2D eigenvalue weighted by Crippen LogP contribution is 2.19. The molecule has 0 fully saturated rings. The average Bonchev–Trinajstić information content (AvgIpc) is 2.16. The molecule has 0 radical (unpaired) electrons. The van der Waals surface area contributed by atoms with Gasteiger partial charge in [-0.25, -0.2) is 4.79 Å². The molecule has 0 saturated carbocycles. The highest BCUT2D eigenvalue weighted by Gasteiger charge is 2.12. The number of esters is 1. The van der Waals surface area contributed by atoms with Crippen molar-refractivity contribution in [1.29, 1.82) is 0 Å². The molecule has 0 amide bonds. The van der Waals surface area contributed by atoms with E-state index < -0.39 is 10.9 Å². The van der Waals surface area contributed by atoms with Gasteiger partial charge >= 0.3 is 5.97 Å². The zero-order valence-corrected chi connectivity index (χ0v) is 8.65. The van der Waals surface area contributed by atoms with E-state index in [1.807, 2.05) is 0 Å². The molecule has 0 spiro atoms. The van der Waals surface area contributed by atoms with Crippen molar-refractivity contribution >= 4 is 17.6 Å². The van der Waals surface area contributed by atoms with E-state index in [9.17, 15) is 14.9 Å². The van der Waals surface area contributed by atoms with Gasteiger partial charge in [0.25, 0.3) is 0 Å². The first-order valence-corrected chi connectivity index (χ1v) is 4.41. The van der Waals surface area contributed by atoms with Crippen molar-refractivity contribution in [3.8, 4) is 0 Å². The molecule has 6 heteroatoms. The van der Waals surface area contributed by atoms with Gasteiger partial charge in [0.1, 0.15) is 0 Å². The van der Waals surface area contributed by atoms with Crippen LogP contribution in [-0.4, -0.2) is 18.0 Å². The molecule has 0 N–H and O–H groups in total. The molecular formula is C9H8ClNO4. The Kier molecular flexibility index (Phi) is 3.62. The van der Waals surface area contributed by atoms with Crippen LogP contribution in [0.15, 0.2) is 18.2 Å². The number of halogens is 1. The van der Waals surface area contributed by atoms with E-state index in [0.717, 1.165) is 0 Å². The molecule has 0 unspecified atom stereocenters. The fourth-order valence-electron chi connectivity index (χ4n) is 1.08. The lowest BCUT2D eigenvalue weighted by molar-refractivity contribution is -0.496. The van der Waals surface area contributed by atoms with Crippen molar-refractivity contribution in [3.63, 3.8) is 0 Å². The lowest BCUT2D eigenvalue weighted by Gasteiger charge is -2.02. The molecule has 0 heterocycles. The predicted octanol–water partition coefficient (Wildman–Crippen LogP) is 1.90. The summed E-state index contributed by atoms with van der Waals surface area (Å²) in [7, 11) is 1.24. The molecular weight excluding hydrogens is 222 g/mol. The van der Waals surface area contributed by atoms with Crippen LogP contribution in [0.5, 0.6) is 0 Å². The molecule has 0 saturated heterocycles. The van der Waals surface area contributed by atoms with Crippen LogP contribution in [0.2, 0.25) is 5.02 Å². The van der Waals surface area contributed by atoms with Crippen molar-refractivity contribution in [3.05, 3.63) is 44.5 Å². The Morgan fingerprint density at radius 3 is 2.73 bits per heavy atom. The topological polar surface area (TPSA) is 69.4 Å². The number of benzene rings is 1. The Hall–Kier alpha value is -1.62. The number of carbonyl (C=O) groups excluding carboxylic acids is 1. The predicted molar refractivity (Wildman–Crippen MR) is 53.5 cm³/mol. The molecule has 0 aromatic heterocycles. The number of ether oxygens (including phenoxy) is 1. The first-order chi connectivity index (χ1) is 7.04. The van der Waals surface area contributed by atoms with Crippen molar-refractivity contribution < 1.29 is 14.5 Å². The number of nitrogens with zero attached hydrogens (tertiary/aromatic N) is 1. The summed E-state index contributed by atoms with van der Waals surface area (Å²) in [5.74, 6) is -0.562. The Balaban J connectivity index is 2.97. The zero-order chi connectivity index (χ0) is 11.4. The first-order valence-electron chi connectivity index (χ1n) is 4.03. The summed E-state index contributed by atoms with van der Waals surface area (Å²) in [4.78, 5) is 20.9.